The Bertz CT molecular complexity index is 860. The molecule has 2 aromatic carbocycles. The minimum atomic E-state index is -0.219. The molecule has 0 radical (unpaired) electrons. The van der Waals surface area contributed by atoms with Crippen LogP contribution in [-0.4, -0.2) is 37.7 Å². The van der Waals surface area contributed by atoms with Crippen LogP contribution in [-0.2, 0) is 9.53 Å². The Morgan fingerprint density at radius 1 is 1.17 bits per heavy atom. The Morgan fingerprint density at radius 3 is 2.79 bits per heavy atom. The number of ether oxygens (including phenoxy) is 2. The standard InChI is InChI=1S/C23H28N2O4/c1-16-9-10-17(2)21(14-16)29-13-11-22(26)25-20-8-4-3-7-19(20)23(27)24-15-18-6-5-12-28-18/h3-4,7-10,14,18H,5-6,11-13,15H2,1-2H3,(H,24,27)(H,25,26)/t18-/m1/s1. The molecule has 1 atom stereocenters. The summed E-state index contributed by atoms with van der Waals surface area (Å²) in [6.07, 6.45) is 2.25. The van der Waals surface area contributed by atoms with Crippen molar-refractivity contribution in [2.24, 2.45) is 0 Å². The lowest BCUT2D eigenvalue weighted by Gasteiger charge is -2.14. The van der Waals surface area contributed by atoms with Gasteiger partial charge in [-0.3, -0.25) is 9.59 Å². The van der Waals surface area contributed by atoms with E-state index >= 15 is 0 Å². The Kier molecular flexibility index (Phi) is 7.25. The highest BCUT2D eigenvalue weighted by atomic mass is 16.5. The van der Waals surface area contributed by atoms with E-state index in [0.717, 1.165) is 36.3 Å². The normalized spacial score (nSPS) is 15.7. The highest BCUT2D eigenvalue weighted by Crippen LogP contribution is 2.20. The second-order valence-corrected chi connectivity index (χ2v) is 7.31. The van der Waals surface area contributed by atoms with E-state index in [-0.39, 0.29) is 30.9 Å². The van der Waals surface area contributed by atoms with Gasteiger partial charge in [0, 0.05) is 13.2 Å². The first-order chi connectivity index (χ1) is 14.0. The van der Waals surface area contributed by atoms with E-state index in [1.807, 2.05) is 32.0 Å². The van der Waals surface area contributed by atoms with E-state index in [9.17, 15) is 9.59 Å². The summed E-state index contributed by atoms with van der Waals surface area (Å²) in [5.41, 5.74) is 3.07. The SMILES string of the molecule is Cc1ccc(C)c(OCCC(=O)Nc2ccccc2C(=O)NC[C@H]2CCCO2)c1. The van der Waals surface area contributed by atoms with E-state index in [0.29, 0.717) is 17.8 Å². The van der Waals surface area contributed by atoms with Gasteiger partial charge in [0.1, 0.15) is 5.75 Å². The summed E-state index contributed by atoms with van der Waals surface area (Å²) in [5.74, 6) is 0.365. The highest BCUT2D eigenvalue weighted by molar-refractivity contribution is 6.03. The summed E-state index contributed by atoms with van der Waals surface area (Å²) in [7, 11) is 0. The number of para-hydroxylation sites is 1. The van der Waals surface area contributed by atoms with Crippen molar-refractivity contribution in [3.63, 3.8) is 0 Å². The average molecular weight is 396 g/mol. The van der Waals surface area contributed by atoms with Gasteiger partial charge in [0.2, 0.25) is 5.91 Å². The molecule has 2 aromatic rings. The number of rotatable bonds is 8. The summed E-state index contributed by atoms with van der Waals surface area (Å²) in [5, 5.41) is 5.71. The number of benzene rings is 2. The van der Waals surface area contributed by atoms with E-state index in [2.05, 4.69) is 10.6 Å². The zero-order chi connectivity index (χ0) is 20.6. The van der Waals surface area contributed by atoms with Crippen molar-refractivity contribution in [3.05, 3.63) is 59.2 Å². The molecule has 2 N–H and O–H groups in total. The Morgan fingerprint density at radius 2 is 2.00 bits per heavy atom. The molecule has 2 amide bonds. The summed E-state index contributed by atoms with van der Waals surface area (Å²) < 4.78 is 11.3. The van der Waals surface area contributed by atoms with Crippen molar-refractivity contribution in [2.45, 2.75) is 39.2 Å². The van der Waals surface area contributed by atoms with Crippen molar-refractivity contribution < 1.29 is 19.1 Å². The molecule has 0 saturated carbocycles. The zero-order valence-electron chi connectivity index (χ0n) is 17.0. The number of hydrogen-bond acceptors (Lipinski definition) is 4. The van der Waals surface area contributed by atoms with E-state index in [4.69, 9.17) is 9.47 Å². The molecule has 154 valence electrons. The number of carbonyl (C=O) groups excluding carboxylic acids is 2. The lowest BCUT2D eigenvalue weighted by Crippen LogP contribution is -2.32. The number of amides is 2. The molecule has 1 saturated heterocycles. The molecule has 0 bridgehead atoms. The molecule has 0 unspecified atom stereocenters. The second-order valence-electron chi connectivity index (χ2n) is 7.31. The molecule has 1 aliphatic rings. The first-order valence-electron chi connectivity index (χ1n) is 10.0. The van der Waals surface area contributed by atoms with Crippen LogP contribution in [0.2, 0.25) is 0 Å². The number of hydrogen-bond donors (Lipinski definition) is 2. The van der Waals surface area contributed by atoms with E-state index < -0.39 is 0 Å². The number of aryl methyl sites for hydroxylation is 2. The van der Waals surface area contributed by atoms with E-state index in [1.54, 1.807) is 24.3 Å². The first kappa shape index (κ1) is 20.9. The average Bonchev–Trinajstić information content (AvgIpc) is 3.23. The molecule has 1 fully saturated rings. The molecule has 0 spiro atoms. The number of nitrogens with one attached hydrogen (secondary N) is 2. The fraction of sp³-hybridized carbons (Fsp3) is 0.391. The predicted octanol–water partition coefficient (Wildman–Crippen LogP) is 3.62. The molecule has 1 heterocycles. The van der Waals surface area contributed by atoms with Crippen LogP contribution < -0.4 is 15.4 Å². The van der Waals surface area contributed by atoms with Gasteiger partial charge >= 0.3 is 0 Å². The van der Waals surface area contributed by atoms with Crippen LogP contribution >= 0.6 is 0 Å². The highest BCUT2D eigenvalue weighted by Gasteiger charge is 2.18. The van der Waals surface area contributed by atoms with Crippen molar-refractivity contribution >= 4 is 17.5 Å². The molecule has 6 nitrogen and oxygen atoms in total. The van der Waals surface area contributed by atoms with Crippen LogP contribution in [0.25, 0.3) is 0 Å². The lowest BCUT2D eigenvalue weighted by molar-refractivity contribution is -0.116. The van der Waals surface area contributed by atoms with Crippen molar-refractivity contribution in [3.8, 4) is 5.75 Å². The molecule has 0 aliphatic carbocycles. The number of anilines is 1. The first-order valence-corrected chi connectivity index (χ1v) is 10.0. The van der Waals surface area contributed by atoms with Gasteiger partial charge in [-0.1, -0.05) is 24.3 Å². The largest absolute Gasteiger partial charge is 0.493 e. The second kappa shape index (κ2) is 10.1. The van der Waals surface area contributed by atoms with E-state index in [1.165, 1.54) is 0 Å². The maximum atomic E-state index is 12.5. The van der Waals surface area contributed by atoms with Gasteiger partial charge < -0.3 is 20.1 Å². The molecule has 6 heteroatoms. The summed E-state index contributed by atoms with van der Waals surface area (Å²) in [6.45, 7) is 5.46. The van der Waals surface area contributed by atoms with Gasteiger partial charge in [0.05, 0.1) is 30.4 Å². The van der Waals surface area contributed by atoms with Crippen molar-refractivity contribution in [1.29, 1.82) is 0 Å². The maximum Gasteiger partial charge on any atom is 0.253 e. The van der Waals surface area contributed by atoms with Crippen LogP contribution in [0.4, 0.5) is 5.69 Å². The van der Waals surface area contributed by atoms with Crippen LogP contribution in [0.15, 0.2) is 42.5 Å². The molecule has 1 aliphatic heterocycles. The van der Waals surface area contributed by atoms with Gasteiger partial charge in [-0.15, -0.1) is 0 Å². The smallest absolute Gasteiger partial charge is 0.253 e. The van der Waals surface area contributed by atoms with Gasteiger partial charge in [-0.05, 0) is 56.0 Å². The third kappa shape index (κ3) is 6.06. The summed E-state index contributed by atoms with van der Waals surface area (Å²) in [6, 6.07) is 13.0. The van der Waals surface area contributed by atoms with Gasteiger partial charge in [0.15, 0.2) is 0 Å². The summed E-state index contributed by atoms with van der Waals surface area (Å²) >= 11 is 0. The molecular weight excluding hydrogens is 368 g/mol. The topological polar surface area (TPSA) is 76.7 Å². The third-order valence-corrected chi connectivity index (χ3v) is 4.89. The molecule has 3 rings (SSSR count). The van der Waals surface area contributed by atoms with Crippen LogP contribution in [0.5, 0.6) is 5.75 Å². The minimum absolute atomic E-state index is 0.0722. The maximum absolute atomic E-state index is 12.5. The van der Waals surface area contributed by atoms with Gasteiger partial charge in [0.25, 0.3) is 5.91 Å². The van der Waals surface area contributed by atoms with Crippen LogP contribution in [0.1, 0.15) is 40.7 Å². The molecular formula is C23H28N2O4. The minimum Gasteiger partial charge on any atom is -0.493 e. The summed E-state index contributed by atoms with van der Waals surface area (Å²) in [4.78, 5) is 24.9. The molecule has 29 heavy (non-hydrogen) atoms. The third-order valence-electron chi connectivity index (χ3n) is 4.89. The quantitative estimate of drug-likeness (QED) is 0.715. The lowest BCUT2D eigenvalue weighted by atomic mass is 10.1. The van der Waals surface area contributed by atoms with Crippen LogP contribution in [0.3, 0.4) is 0 Å². The Labute approximate surface area is 171 Å². The zero-order valence-corrected chi connectivity index (χ0v) is 17.0. The van der Waals surface area contributed by atoms with Crippen molar-refractivity contribution in [2.75, 3.05) is 25.1 Å². The molecule has 0 aromatic heterocycles. The van der Waals surface area contributed by atoms with Gasteiger partial charge in [-0.25, -0.2) is 0 Å². The monoisotopic (exact) mass is 396 g/mol. The number of carbonyl (C=O) groups is 2. The van der Waals surface area contributed by atoms with Crippen LogP contribution in [0, 0.1) is 13.8 Å². The predicted molar refractivity (Wildman–Crippen MR) is 112 cm³/mol. The fourth-order valence-corrected chi connectivity index (χ4v) is 3.23. The van der Waals surface area contributed by atoms with Crippen molar-refractivity contribution in [1.82, 2.24) is 5.32 Å². The Hall–Kier alpha value is -2.86. The Balaban J connectivity index is 1.52. The fourth-order valence-electron chi connectivity index (χ4n) is 3.23. The van der Waals surface area contributed by atoms with Gasteiger partial charge in [-0.2, -0.15) is 0 Å².